The molecule has 1 aromatic carbocycles. The molecular formula is C25H21N7O2. The van der Waals surface area contributed by atoms with E-state index in [1.807, 2.05) is 36.4 Å². The van der Waals surface area contributed by atoms with Gasteiger partial charge in [0.1, 0.15) is 11.5 Å². The van der Waals surface area contributed by atoms with Crippen LogP contribution in [-0.2, 0) is 4.74 Å². The Morgan fingerprint density at radius 3 is 2.62 bits per heavy atom. The van der Waals surface area contributed by atoms with Gasteiger partial charge in [0.25, 0.3) is 5.91 Å². The molecule has 1 aliphatic rings. The van der Waals surface area contributed by atoms with Gasteiger partial charge in [-0.3, -0.25) is 4.79 Å². The van der Waals surface area contributed by atoms with Crippen LogP contribution in [0.5, 0.6) is 0 Å². The van der Waals surface area contributed by atoms with Gasteiger partial charge in [-0.1, -0.05) is 18.1 Å². The van der Waals surface area contributed by atoms with Crippen molar-refractivity contribution in [2.45, 2.75) is 0 Å². The third kappa shape index (κ3) is 4.10. The first-order chi connectivity index (χ1) is 16.6. The first kappa shape index (κ1) is 21.3. The number of aromatic nitrogens is 4. The number of morpholine rings is 1. The predicted octanol–water partition coefficient (Wildman–Crippen LogP) is 2.24. The largest absolute Gasteiger partial charge is 0.383 e. The number of pyridine rings is 1. The number of benzene rings is 1. The zero-order valence-corrected chi connectivity index (χ0v) is 18.2. The summed E-state index contributed by atoms with van der Waals surface area (Å²) in [6.07, 6.45) is 4.35. The summed E-state index contributed by atoms with van der Waals surface area (Å²) in [5, 5.41) is 12.3. The van der Waals surface area contributed by atoms with Crippen LogP contribution in [0.15, 0.2) is 54.9 Å². The quantitative estimate of drug-likeness (QED) is 0.364. The molecule has 9 nitrogen and oxygen atoms in total. The van der Waals surface area contributed by atoms with Crippen LogP contribution in [0.4, 0.5) is 5.82 Å². The van der Waals surface area contributed by atoms with E-state index in [0.29, 0.717) is 54.3 Å². The molecule has 168 valence electrons. The summed E-state index contributed by atoms with van der Waals surface area (Å²) in [5.41, 5.74) is 10.4. The lowest BCUT2D eigenvalue weighted by Gasteiger charge is -2.26. The molecule has 34 heavy (non-hydrogen) atoms. The van der Waals surface area contributed by atoms with E-state index in [1.165, 1.54) is 0 Å². The number of anilines is 1. The van der Waals surface area contributed by atoms with Crippen LogP contribution in [-0.4, -0.2) is 62.9 Å². The minimum atomic E-state index is 0.00599. The maximum atomic E-state index is 12.7. The number of nitrogen functional groups attached to an aromatic ring is 1. The van der Waals surface area contributed by atoms with Gasteiger partial charge in [0.05, 0.1) is 25.1 Å². The summed E-state index contributed by atoms with van der Waals surface area (Å²) < 4.78 is 6.99. The maximum Gasteiger partial charge on any atom is 0.254 e. The van der Waals surface area contributed by atoms with Crippen LogP contribution in [0.25, 0.3) is 16.9 Å². The Hall–Kier alpha value is -4.55. The van der Waals surface area contributed by atoms with Crippen LogP contribution in [0, 0.1) is 17.3 Å². The highest BCUT2D eigenvalue weighted by atomic mass is 16.5. The number of amides is 1. The number of rotatable bonds is 3. The maximum absolute atomic E-state index is 12.7. The SMILES string of the molecule is N=Cc1c(C#Cc2cnc3ccc(-c4ccc(C(=O)N5CCOCC5)cc4)nn23)ccnc1N. The molecule has 0 saturated carbocycles. The molecule has 0 aliphatic carbocycles. The van der Waals surface area contributed by atoms with E-state index in [-0.39, 0.29) is 11.7 Å². The lowest BCUT2D eigenvalue weighted by atomic mass is 10.1. The zero-order valence-electron chi connectivity index (χ0n) is 18.2. The van der Waals surface area contributed by atoms with Crippen molar-refractivity contribution in [1.82, 2.24) is 24.5 Å². The molecule has 0 bridgehead atoms. The smallest absolute Gasteiger partial charge is 0.254 e. The second kappa shape index (κ2) is 9.13. The molecule has 9 heteroatoms. The molecular weight excluding hydrogens is 430 g/mol. The number of hydrogen-bond donors (Lipinski definition) is 2. The Kier molecular flexibility index (Phi) is 5.72. The van der Waals surface area contributed by atoms with Gasteiger partial charge in [0, 0.05) is 47.8 Å². The molecule has 0 spiro atoms. The number of ether oxygens (including phenoxy) is 1. The van der Waals surface area contributed by atoms with Crippen molar-refractivity contribution in [3.63, 3.8) is 0 Å². The van der Waals surface area contributed by atoms with Crippen LogP contribution in [0.3, 0.4) is 0 Å². The molecule has 1 saturated heterocycles. The van der Waals surface area contributed by atoms with Crippen molar-refractivity contribution in [2.24, 2.45) is 0 Å². The Balaban J connectivity index is 1.43. The van der Waals surface area contributed by atoms with E-state index in [1.54, 1.807) is 27.9 Å². The number of nitrogens with zero attached hydrogens (tertiary/aromatic N) is 5. The number of carbonyl (C=O) groups excluding carboxylic acids is 1. The van der Waals surface area contributed by atoms with Crippen molar-refractivity contribution in [3.05, 3.63) is 77.2 Å². The molecule has 1 fully saturated rings. The first-order valence-electron chi connectivity index (χ1n) is 10.7. The van der Waals surface area contributed by atoms with E-state index < -0.39 is 0 Å². The highest BCUT2D eigenvalue weighted by Gasteiger charge is 2.18. The first-order valence-corrected chi connectivity index (χ1v) is 10.7. The molecule has 1 amide bonds. The summed E-state index contributed by atoms with van der Waals surface area (Å²) in [6.45, 7) is 2.36. The van der Waals surface area contributed by atoms with E-state index >= 15 is 0 Å². The molecule has 4 heterocycles. The third-order valence-corrected chi connectivity index (χ3v) is 5.58. The summed E-state index contributed by atoms with van der Waals surface area (Å²) in [7, 11) is 0. The van der Waals surface area contributed by atoms with Gasteiger partial charge in [-0.2, -0.15) is 5.10 Å². The summed E-state index contributed by atoms with van der Waals surface area (Å²) in [6, 6.07) is 12.9. The fraction of sp³-hybridized carbons (Fsp3) is 0.160. The summed E-state index contributed by atoms with van der Waals surface area (Å²) in [5.74, 6) is 6.37. The number of hydrogen-bond acceptors (Lipinski definition) is 7. The Morgan fingerprint density at radius 1 is 1.06 bits per heavy atom. The Morgan fingerprint density at radius 2 is 1.85 bits per heavy atom. The topological polar surface area (TPSA) is 122 Å². The molecule has 5 rings (SSSR count). The highest BCUT2D eigenvalue weighted by molar-refractivity contribution is 5.94. The molecule has 1 aliphatic heterocycles. The average molecular weight is 451 g/mol. The standard InChI is InChI=1S/C25H21N7O2/c26-15-21-17(9-10-28-24(21)27)5-6-20-16-29-23-8-7-22(30-32(20)23)18-1-3-19(4-2-18)25(33)31-11-13-34-14-12-31/h1-4,7-10,15-16,26H,11-14H2,(H2,27,28). The van der Waals surface area contributed by atoms with E-state index in [9.17, 15) is 4.79 Å². The lowest BCUT2D eigenvalue weighted by Crippen LogP contribution is -2.40. The van der Waals surface area contributed by atoms with E-state index in [2.05, 4.69) is 21.8 Å². The van der Waals surface area contributed by atoms with Crippen molar-refractivity contribution in [1.29, 1.82) is 5.41 Å². The molecule has 4 aromatic rings. The van der Waals surface area contributed by atoms with Crippen molar-refractivity contribution in [3.8, 4) is 23.1 Å². The van der Waals surface area contributed by atoms with Gasteiger partial charge in [0.2, 0.25) is 0 Å². The van der Waals surface area contributed by atoms with Crippen molar-refractivity contribution < 1.29 is 9.53 Å². The van der Waals surface area contributed by atoms with Crippen LogP contribution in [0.1, 0.15) is 27.2 Å². The van der Waals surface area contributed by atoms with E-state index in [0.717, 1.165) is 17.5 Å². The van der Waals surface area contributed by atoms with Crippen molar-refractivity contribution in [2.75, 3.05) is 32.0 Å². The predicted molar refractivity (Wildman–Crippen MR) is 128 cm³/mol. The Labute approximate surface area is 195 Å². The zero-order chi connectivity index (χ0) is 23.5. The second-order valence-electron chi connectivity index (χ2n) is 7.67. The van der Waals surface area contributed by atoms with Gasteiger partial charge in [-0.15, -0.1) is 0 Å². The van der Waals surface area contributed by atoms with Crippen LogP contribution >= 0.6 is 0 Å². The molecule has 0 radical (unpaired) electrons. The summed E-state index contributed by atoms with van der Waals surface area (Å²) in [4.78, 5) is 22.9. The number of fused-ring (bicyclic) bond motifs is 1. The third-order valence-electron chi connectivity index (χ3n) is 5.58. The van der Waals surface area contributed by atoms with Crippen molar-refractivity contribution >= 4 is 23.6 Å². The molecule has 0 atom stereocenters. The van der Waals surface area contributed by atoms with Crippen LogP contribution < -0.4 is 5.73 Å². The summed E-state index contributed by atoms with van der Waals surface area (Å²) >= 11 is 0. The Bertz CT molecular complexity index is 1440. The lowest BCUT2D eigenvalue weighted by molar-refractivity contribution is 0.0303. The molecule has 3 aromatic heterocycles. The highest BCUT2D eigenvalue weighted by Crippen LogP contribution is 2.20. The minimum Gasteiger partial charge on any atom is -0.383 e. The van der Waals surface area contributed by atoms with Crippen LogP contribution in [0.2, 0.25) is 0 Å². The van der Waals surface area contributed by atoms with Gasteiger partial charge in [0.15, 0.2) is 5.65 Å². The molecule has 3 N–H and O–H groups in total. The number of imidazole rings is 1. The fourth-order valence-corrected chi connectivity index (χ4v) is 3.73. The van der Waals surface area contributed by atoms with Gasteiger partial charge in [-0.25, -0.2) is 14.5 Å². The normalized spacial score (nSPS) is 13.4. The van der Waals surface area contributed by atoms with E-state index in [4.69, 9.17) is 21.0 Å². The minimum absolute atomic E-state index is 0.00599. The monoisotopic (exact) mass is 451 g/mol. The fourth-order valence-electron chi connectivity index (χ4n) is 3.73. The van der Waals surface area contributed by atoms with Gasteiger partial charge in [-0.05, 0) is 36.3 Å². The average Bonchev–Trinajstić information content (AvgIpc) is 3.30. The van der Waals surface area contributed by atoms with Gasteiger partial charge < -0.3 is 20.8 Å². The number of nitrogens with two attached hydrogens (primary N) is 1. The second-order valence-corrected chi connectivity index (χ2v) is 7.67. The molecule has 0 unspecified atom stereocenters. The van der Waals surface area contributed by atoms with Gasteiger partial charge >= 0.3 is 0 Å². The number of nitrogens with one attached hydrogen (secondary N) is 1. The number of carbonyl (C=O) groups is 1.